The van der Waals surface area contributed by atoms with Crippen LogP contribution in [0.4, 0.5) is 5.95 Å². The summed E-state index contributed by atoms with van der Waals surface area (Å²) >= 11 is 0. The highest BCUT2D eigenvalue weighted by atomic mass is 16.5. The molecule has 0 radical (unpaired) electrons. The van der Waals surface area contributed by atoms with Gasteiger partial charge in [0.15, 0.2) is 0 Å². The van der Waals surface area contributed by atoms with Crippen molar-refractivity contribution in [2.75, 3.05) is 45.8 Å². The number of amides is 1. The van der Waals surface area contributed by atoms with Gasteiger partial charge in [-0.3, -0.25) is 4.79 Å². The van der Waals surface area contributed by atoms with Crippen molar-refractivity contribution in [2.24, 2.45) is 0 Å². The number of aromatic nitrogens is 4. The summed E-state index contributed by atoms with van der Waals surface area (Å²) in [6.07, 6.45) is 6.26. The highest BCUT2D eigenvalue weighted by Crippen LogP contribution is 2.31. The molecule has 1 aliphatic rings. The maximum absolute atomic E-state index is 12.8. The Bertz CT molecular complexity index is 828. The van der Waals surface area contributed by atoms with E-state index in [4.69, 9.17) is 14.5 Å². The van der Waals surface area contributed by atoms with E-state index in [1.165, 1.54) is 13.4 Å². The van der Waals surface area contributed by atoms with Crippen molar-refractivity contribution in [1.29, 1.82) is 0 Å². The van der Waals surface area contributed by atoms with Crippen molar-refractivity contribution < 1.29 is 14.3 Å². The van der Waals surface area contributed by atoms with Gasteiger partial charge in [-0.05, 0) is 13.8 Å². The number of rotatable bonds is 5. The summed E-state index contributed by atoms with van der Waals surface area (Å²) in [7, 11) is 5.29. The van der Waals surface area contributed by atoms with Crippen LogP contribution in [0, 0.1) is 0 Å². The Hall–Kier alpha value is -2.65. The van der Waals surface area contributed by atoms with Crippen LogP contribution < -0.4 is 4.90 Å². The zero-order valence-electron chi connectivity index (χ0n) is 16.9. The zero-order chi connectivity index (χ0) is 20.3. The van der Waals surface area contributed by atoms with Crippen LogP contribution in [0.5, 0.6) is 0 Å². The number of morpholine rings is 1. The van der Waals surface area contributed by atoms with Crippen LogP contribution in [-0.2, 0) is 14.3 Å². The molecule has 1 aliphatic heterocycles. The van der Waals surface area contributed by atoms with Gasteiger partial charge in [0.1, 0.15) is 18.0 Å². The Morgan fingerprint density at radius 2 is 2.00 bits per heavy atom. The summed E-state index contributed by atoms with van der Waals surface area (Å²) in [6, 6.07) is 0. The highest BCUT2D eigenvalue weighted by molar-refractivity contribution is 5.84. The van der Waals surface area contributed by atoms with Crippen molar-refractivity contribution >= 4 is 11.9 Å². The van der Waals surface area contributed by atoms with Crippen LogP contribution in [0.25, 0.3) is 11.1 Å². The molecule has 9 nitrogen and oxygen atoms in total. The van der Waals surface area contributed by atoms with Gasteiger partial charge in [-0.25, -0.2) is 19.9 Å². The van der Waals surface area contributed by atoms with Crippen molar-refractivity contribution in [3.63, 3.8) is 0 Å². The highest BCUT2D eigenvalue weighted by Gasteiger charge is 2.36. The summed E-state index contributed by atoms with van der Waals surface area (Å²) in [5, 5.41) is 0. The Kier molecular flexibility index (Phi) is 5.85. The summed E-state index contributed by atoms with van der Waals surface area (Å²) in [5.74, 6) is 0.495. The van der Waals surface area contributed by atoms with E-state index in [0.717, 1.165) is 11.1 Å². The maximum atomic E-state index is 12.8. The monoisotopic (exact) mass is 386 g/mol. The first-order valence-electron chi connectivity index (χ1n) is 9.09. The third kappa shape index (κ3) is 4.10. The Balaban J connectivity index is 1.97. The molecule has 0 N–H and O–H groups in total. The molecule has 150 valence electrons. The van der Waals surface area contributed by atoms with Crippen LogP contribution in [0.2, 0.25) is 0 Å². The predicted octanol–water partition coefficient (Wildman–Crippen LogP) is 1.32. The third-order valence-electron chi connectivity index (χ3n) is 4.76. The second-order valence-corrected chi connectivity index (χ2v) is 7.32. The zero-order valence-corrected chi connectivity index (χ0v) is 16.9. The quantitative estimate of drug-likeness (QED) is 0.760. The molecule has 2 aromatic heterocycles. The molecular weight excluding hydrogens is 360 g/mol. The van der Waals surface area contributed by atoms with Crippen LogP contribution in [-0.4, -0.2) is 77.2 Å². The van der Waals surface area contributed by atoms with E-state index >= 15 is 0 Å². The second kappa shape index (κ2) is 8.15. The van der Waals surface area contributed by atoms with Crippen LogP contribution in [0.1, 0.15) is 25.6 Å². The van der Waals surface area contributed by atoms with E-state index in [1.54, 1.807) is 37.3 Å². The predicted molar refractivity (Wildman–Crippen MR) is 104 cm³/mol. The average molecular weight is 386 g/mol. The molecule has 0 aromatic carbocycles. The van der Waals surface area contributed by atoms with Crippen LogP contribution in [0.15, 0.2) is 24.9 Å². The van der Waals surface area contributed by atoms with E-state index in [0.29, 0.717) is 31.3 Å². The molecule has 9 heteroatoms. The number of ether oxygens (including phenoxy) is 2. The molecule has 3 rings (SSSR count). The minimum atomic E-state index is -0.890. The largest absolute Gasteiger partial charge is 0.369 e. The lowest BCUT2D eigenvalue weighted by atomic mass is 10.0. The van der Waals surface area contributed by atoms with Gasteiger partial charge in [0, 0.05) is 57.5 Å². The summed E-state index contributed by atoms with van der Waals surface area (Å²) in [4.78, 5) is 33.8. The smallest absolute Gasteiger partial charge is 0.254 e. The number of carbonyl (C=O) groups is 1. The molecule has 2 aromatic rings. The van der Waals surface area contributed by atoms with E-state index in [2.05, 4.69) is 15.0 Å². The van der Waals surface area contributed by atoms with Gasteiger partial charge < -0.3 is 19.3 Å². The first-order chi connectivity index (χ1) is 13.3. The number of carbonyl (C=O) groups excluding carboxylic acids is 1. The topological polar surface area (TPSA) is 93.6 Å². The normalized spacial score (nSPS) is 17.5. The Labute approximate surface area is 164 Å². The van der Waals surface area contributed by atoms with Crippen molar-refractivity contribution in [2.45, 2.75) is 25.6 Å². The number of anilines is 1. The fraction of sp³-hybridized carbons (Fsp3) is 0.526. The lowest BCUT2D eigenvalue weighted by Crippen LogP contribution is -2.51. The average Bonchev–Trinajstić information content (AvgIpc) is 2.73. The Morgan fingerprint density at radius 3 is 2.64 bits per heavy atom. The van der Waals surface area contributed by atoms with E-state index in [1.807, 2.05) is 19.0 Å². The molecule has 0 spiro atoms. The molecular formula is C19H26N6O3. The number of nitrogens with zero attached hydrogens (tertiary/aromatic N) is 6. The molecule has 3 heterocycles. The molecule has 1 fully saturated rings. The number of methoxy groups -OCH3 is 1. The molecule has 1 amide bonds. The lowest BCUT2D eigenvalue weighted by molar-refractivity contribution is -0.158. The Morgan fingerprint density at radius 1 is 1.29 bits per heavy atom. The van der Waals surface area contributed by atoms with Gasteiger partial charge >= 0.3 is 0 Å². The standard InChI is InChI=1S/C19H26N6O3/c1-19(2,27-5)17(26)25-6-7-28-15(11-25)16-14(13-8-20-12-21-9-13)10-22-18(23-16)24(3)4/h8-10,12,15H,6-7,11H2,1-5H3. The molecule has 1 atom stereocenters. The van der Waals surface area contributed by atoms with Gasteiger partial charge in [-0.1, -0.05) is 0 Å². The fourth-order valence-electron chi connectivity index (χ4n) is 2.97. The van der Waals surface area contributed by atoms with Gasteiger partial charge in [0.2, 0.25) is 5.95 Å². The van der Waals surface area contributed by atoms with E-state index in [9.17, 15) is 4.79 Å². The lowest BCUT2D eigenvalue weighted by Gasteiger charge is -2.37. The fourth-order valence-corrected chi connectivity index (χ4v) is 2.97. The molecule has 0 aliphatic carbocycles. The first kappa shape index (κ1) is 20.1. The molecule has 0 saturated carbocycles. The number of hydrogen-bond donors (Lipinski definition) is 0. The minimum absolute atomic E-state index is 0.0743. The van der Waals surface area contributed by atoms with Gasteiger partial charge in [-0.2, -0.15) is 0 Å². The van der Waals surface area contributed by atoms with Crippen molar-refractivity contribution in [1.82, 2.24) is 24.8 Å². The summed E-state index contributed by atoms with van der Waals surface area (Å²) in [5.41, 5.74) is 1.41. The van der Waals surface area contributed by atoms with Gasteiger partial charge in [0.25, 0.3) is 5.91 Å². The van der Waals surface area contributed by atoms with Crippen LogP contribution in [0.3, 0.4) is 0 Å². The first-order valence-corrected chi connectivity index (χ1v) is 9.09. The molecule has 1 saturated heterocycles. The van der Waals surface area contributed by atoms with Gasteiger partial charge in [0.05, 0.1) is 18.8 Å². The van der Waals surface area contributed by atoms with E-state index < -0.39 is 5.60 Å². The minimum Gasteiger partial charge on any atom is -0.369 e. The van der Waals surface area contributed by atoms with Crippen molar-refractivity contribution in [3.05, 3.63) is 30.6 Å². The van der Waals surface area contributed by atoms with Crippen molar-refractivity contribution in [3.8, 4) is 11.1 Å². The number of hydrogen-bond acceptors (Lipinski definition) is 8. The van der Waals surface area contributed by atoms with E-state index in [-0.39, 0.29) is 12.0 Å². The van der Waals surface area contributed by atoms with Gasteiger partial charge in [-0.15, -0.1) is 0 Å². The third-order valence-corrected chi connectivity index (χ3v) is 4.76. The molecule has 0 bridgehead atoms. The maximum Gasteiger partial charge on any atom is 0.254 e. The molecule has 1 unspecified atom stereocenters. The van der Waals surface area contributed by atoms with Crippen LogP contribution >= 0.6 is 0 Å². The second-order valence-electron chi connectivity index (χ2n) is 7.32. The SMILES string of the molecule is COC(C)(C)C(=O)N1CCOC(c2nc(N(C)C)ncc2-c2cncnc2)C1. The molecule has 28 heavy (non-hydrogen) atoms. The summed E-state index contributed by atoms with van der Waals surface area (Å²) < 4.78 is 11.4. The summed E-state index contributed by atoms with van der Waals surface area (Å²) in [6.45, 7) is 4.85.